The van der Waals surface area contributed by atoms with Crippen LogP contribution in [0.2, 0.25) is 0 Å². The van der Waals surface area contributed by atoms with Gasteiger partial charge in [-0.1, -0.05) is 6.07 Å². The fourth-order valence-electron chi connectivity index (χ4n) is 2.83. The van der Waals surface area contributed by atoms with Gasteiger partial charge in [-0.2, -0.15) is 0 Å². The summed E-state index contributed by atoms with van der Waals surface area (Å²) >= 11 is 0. The number of nitrogens with zero attached hydrogens (tertiary/aromatic N) is 1. The van der Waals surface area contributed by atoms with Gasteiger partial charge in [0.1, 0.15) is 5.82 Å². The number of amides is 1. The first-order chi connectivity index (χ1) is 13.0. The van der Waals surface area contributed by atoms with Crippen LogP contribution in [0.3, 0.4) is 0 Å². The Morgan fingerprint density at radius 1 is 1.19 bits per heavy atom. The minimum atomic E-state index is -0.382. The van der Waals surface area contributed by atoms with Crippen LogP contribution in [-0.2, 0) is 4.74 Å². The van der Waals surface area contributed by atoms with Gasteiger partial charge in [0.05, 0.1) is 12.6 Å². The quantitative estimate of drug-likeness (QED) is 0.636. The molecule has 0 bridgehead atoms. The van der Waals surface area contributed by atoms with E-state index in [-0.39, 0.29) is 17.8 Å². The highest BCUT2D eigenvalue weighted by Crippen LogP contribution is 2.15. The zero-order valence-corrected chi connectivity index (χ0v) is 15.6. The summed E-state index contributed by atoms with van der Waals surface area (Å²) in [6.45, 7) is 5.29. The predicted molar refractivity (Wildman–Crippen MR) is 105 cm³/mol. The summed E-state index contributed by atoms with van der Waals surface area (Å²) in [7, 11) is 0. The monoisotopic (exact) mass is 369 g/mol. The first-order valence-electron chi connectivity index (χ1n) is 9.08. The van der Waals surface area contributed by atoms with Crippen LogP contribution in [0, 0.1) is 19.7 Å². The third-order valence-corrected chi connectivity index (χ3v) is 4.59. The molecule has 1 aliphatic rings. The summed E-state index contributed by atoms with van der Waals surface area (Å²) in [6.07, 6.45) is 2.07. The fourth-order valence-corrected chi connectivity index (χ4v) is 2.83. The molecule has 2 aromatic carbocycles. The smallest absolute Gasteiger partial charge is 0.257 e. The average molecular weight is 369 g/mol. The van der Waals surface area contributed by atoms with Crippen LogP contribution >= 0.6 is 0 Å². The van der Waals surface area contributed by atoms with E-state index < -0.39 is 0 Å². The zero-order valence-electron chi connectivity index (χ0n) is 15.6. The Kier molecular flexibility index (Phi) is 6.19. The van der Waals surface area contributed by atoms with Gasteiger partial charge in [-0.05, 0) is 74.2 Å². The Balaban J connectivity index is 1.75. The Morgan fingerprint density at radius 3 is 2.63 bits per heavy atom. The molecule has 0 aliphatic carbocycles. The van der Waals surface area contributed by atoms with Gasteiger partial charge in [0.25, 0.3) is 5.91 Å². The van der Waals surface area contributed by atoms with Gasteiger partial charge < -0.3 is 10.1 Å². The van der Waals surface area contributed by atoms with Gasteiger partial charge in [-0.25, -0.2) is 9.38 Å². The normalized spacial score (nSPS) is 17.0. The van der Waals surface area contributed by atoms with Crippen LogP contribution < -0.4 is 10.6 Å². The molecule has 2 aromatic rings. The molecule has 142 valence electrons. The second-order valence-corrected chi connectivity index (χ2v) is 6.71. The molecule has 0 spiro atoms. The highest BCUT2D eigenvalue weighted by Gasteiger charge is 2.16. The third-order valence-electron chi connectivity index (χ3n) is 4.59. The molecule has 1 heterocycles. The lowest BCUT2D eigenvalue weighted by Crippen LogP contribution is -2.36. The highest BCUT2D eigenvalue weighted by atomic mass is 19.1. The number of aliphatic imine (C=N–C) groups is 1. The molecular formula is C21H24FN3O2. The van der Waals surface area contributed by atoms with Crippen molar-refractivity contribution in [2.75, 3.05) is 18.5 Å². The molecular weight excluding hydrogens is 345 g/mol. The van der Waals surface area contributed by atoms with Crippen LogP contribution in [-0.4, -0.2) is 31.1 Å². The maximum absolute atomic E-state index is 13.1. The van der Waals surface area contributed by atoms with Gasteiger partial charge in [0, 0.05) is 17.9 Å². The summed E-state index contributed by atoms with van der Waals surface area (Å²) in [5.41, 5.74) is 3.53. The zero-order chi connectivity index (χ0) is 19.2. The summed E-state index contributed by atoms with van der Waals surface area (Å²) in [5, 5.41) is 5.95. The number of anilines is 1. The standard InChI is InChI=1S/C21H24FN3O2/c1-14-5-10-18(12-15(14)2)24-21(23-13-19-4-3-11-27-19)25-20(26)16-6-8-17(22)9-7-16/h5-10,12,19H,3-4,11,13H2,1-2H3,(H2,23,24,25,26)/t19-/m0/s1. The SMILES string of the molecule is Cc1ccc(NC(=NC[C@@H]2CCCO2)NC(=O)c2ccc(F)cc2)cc1C. The molecule has 2 N–H and O–H groups in total. The molecule has 5 nitrogen and oxygen atoms in total. The van der Waals surface area contributed by atoms with E-state index in [0.29, 0.717) is 18.1 Å². The van der Waals surface area contributed by atoms with Gasteiger partial charge in [0.2, 0.25) is 5.96 Å². The van der Waals surface area contributed by atoms with Crippen LogP contribution in [0.5, 0.6) is 0 Å². The lowest BCUT2D eigenvalue weighted by Gasteiger charge is -2.14. The molecule has 0 unspecified atom stereocenters. The Labute approximate surface area is 158 Å². The molecule has 1 atom stereocenters. The number of aryl methyl sites for hydroxylation is 2. The molecule has 0 aromatic heterocycles. The molecule has 0 radical (unpaired) electrons. The van der Waals surface area contributed by atoms with Crippen molar-refractivity contribution in [2.45, 2.75) is 32.8 Å². The molecule has 1 fully saturated rings. The predicted octanol–water partition coefficient (Wildman–Crippen LogP) is 3.82. The van der Waals surface area contributed by atoms with Crippen molar-refractivity contribution >= 4 is 17.6 Å². The van der Waals surface area contributed by atoms with E-state index >= 15 is 0 Å². The maximum atomic E-state index is 13.1. The summed E-state index contributed by atoms with van der Waals surface area (Å²) < 4.78 is 18.7. The number of ether oxygens (including phenoxy) is 1. The van der Waals surface area contributed by atoms with Crippen LogP contribution in [0.4, 0.5) is 10.1 Å². The lowest BCUT2D eigenvalue weighted by molar-refractivity contribution is 0.0975. The van der Waals surface area contributed by atoms with E-state index in [1.165, 1.54) is 29.8 Å². The number of hydrogen-bond acceptors (Lipinski definition) is 3. The molecule has 6 heteroatoms. The minimum Gasteiger partial charge on any atom is -0.376 e. The van der Waals surface area contributed by atoms with Crippen molar-refractivity contribution in [2.24, 2.45) is 4.99 Å². The maximum Gasteiger partial charge on any atom is 0.257 e. The Bertz CT molecular complexity index is 828. The van der Waals surface area contributed by atoms with Gasteiger partial charge in [-0.15, -0.1) is 0 Å². The third kappa shape index (κ3) is 5.37. The first kappa shape index (κ1) is 19.0. The summed E-state index contributed by atoms with van der Waals surface area (Å²) in [5.74, 6) is -0.382. The van der Waals surface area contributed by atoms with Crippen LogP contribution in [0.25, 0.3) is 0 Å². The second-order valence-electron chi connectivity index (χ2n) is 6.71. The van der Waals surface area contributed by atoms with E-state index in [1.54, 1.807) is 0 Å². The number of benzene rings is 2. The van der Waals surface area contributed by atoms with Crippen molar-refractivity contribution < 1.29 is 13.9 Å². The van der Waals surface area contributed by atoms with E-state index in [1.807, 2.05) is 32.0 Å². The largest absolute Gasteiger partial charge is 0.376 e. The van der Waals surface area contributed by atoms with Crippen LogP contribution in [0.15, 0.2) is 47.5 Å². The van der Waals surface area contributed by atoms with Crippen molar-refractivity contribution in [3.05, 3.63) is 65.0 Å². The first-order valence-corrected chi connectivity index (χ1v) is 9.08. The number of nitrogens with one attached hydrogen (secondary N) is 2. The van der Waals surface area contributed by atoms with E-state index in [0.717, 1.165) is 30.7 Å². The lowest BCUT2D eigenvalue weighted by atomic mass is 10.1. The fraction of sp³-hybridized carbons (Fsp3) is 0.333. The molecule has 1 amide bonds. The second kappa shape index (κ2) is 8.77. The minimum absolute atomic E-state index is 0.0734. The summed E-state index contributed by atoms with van der Waals surface area (Å²) in [6, 6.07) is 11.4. The van der Waals surface area contributed by atoms with Crippen molar-refractivity contribution in [1.29, 1.82) is 0 Å². The van der Waals surface area contributed by atoms with Gasteiger partial charge >= 0.3 is 0 Å². The topological polar surface area (TPSA) is 62.7 Å². The van der Waals surface area contributed by atoms with Crippen molar-refractivity contribution in [3.8, 4) is 0 Å². The molecule has 27 heavy (non-hydrogen) atoms. The summed E-state index contributed by atoms with van der Waals surface area (Å²) in [4.78, 5) is 17.0. The number of halogens is 1. The number of hydrogen-bond donors (Lipinski definition) is 2. The van der Waals surface area contributed by atoms with Crippen molar-refractivity contribution in [3.63, 3.8) is 0 Å². The van der Waals surface area contributed by atoms with Crippen molar-refractivity contribution in [1.82, 2.24) is 5.32 Å². The number of rotatable bonds is 4. The molecule has 3 rings (SSSR count). The van der Waals surface area contributed by atoms with Gasteiger partial charge in [-0.3, -0.25) is 10.1 Å². The van der Waals surface area contributed by atoms with Gasteiger partial charge in [0.15, 0.2) is 0 Å². The molecule has 0 saturated carbocycles. The van der Waals surface area contributed by atoms with E-state index in [4.69, 9.17) is 4.74 Å². The Morgan fingerprint density at radius 2 is 1.96 bits per heavy atom. The number of carbonyl (C=O) groups is 1. The van der Waals surface area contributed by atoms with E-state index in [9.17, 15) is 9.18 Å². The Hall–Kier alpha value is -2.73. The molecule has 1 saturated heterocycles. The average Bonchev–Trinajstić information content (AvgIpc) is 3.17. The van der Waals surface area contributed by atoms with Crippen LogP contribution in [0.1, 0.15) is 34.3 Å². The molecule has 1 aliphatic heterocycles. The highest BCUT2D eigenvalue weighted by molar-refractivity contribution is 6.09. The number of carbonyl (C=O) groups excluding carboxylic acids is 1. The van der Waals surface area contributed by atoms with E-state index in [2.05, 4.69) is 15.6 Å². The number of guanidine groups is 1.